The largest absolute Gasteiger partial charge is 0.473 e. The van der Waals surface area contributed by atoms with Crippen LogP contribution in [0, 0.1) is 6.92 Å². The molecule has 1 aromatic carbocycles. The number of hydrogen-bond donors (Lipinski definition) is 0. The summed E-state index contributed by atoms with van der Waals surface area (Å²) >= 11 is 0. The molecule has 1 aromatic heterocycles. The van der Waals surface area contributed by atoms with Gasteiger partial charge in [-0.15, -0.1) is 0 Å². The third kappa shape index (κ3) is 3.35. The second-order valence-corrected chi connectivity index (χ2v) is 6.84. The zero-order valence-corrected chi connectivity index (χ0v) is 14.2. The summed E-state index contributed by atoms with van der Waals surface area (Å²) in [5, 5.41) is 0. The van der Waals surface area contributed by atoms with Gasteiger partial charge in [0.05, 0.1) is 25.9 Å². The number of benzene rings is 1. The molecule has 0 N–H and O–H groups in total. The highest BCUT2D eigenvalue weighted by atomic mass is 16.5. The van der Waals surface area contributed by atoms with E-state index in [0.29, 0.717) is 25.6 Å². The molecule has 1 unspecified atom stereocenters. The number of aromatic nitrogens is 2. The van der Waals surface area contributed by atoms with Crippen LogP contribution in [-0.4, -0.2) is 52.2 Å². The van der Waals surface area contributed by atoms with Crippen molar-refractivity contribution in [1.29, 1.82) is 0 Å². The van der Waals surface area contributed by atoms with Crippen LogP contribution in [0.3, 0.4) is 0 Å². The molecule has 2 fully saturated rings. The van der Waals surface area contributed by atoms with E-state index in [1.807, 2.05) is 36.1 Å². The zero-order valence-electron chi connectivity index (χ0n) is 14.2. The number of hydrogen-bond acceptors (Lipinski definition) is 5. The van der Waals surface area contributed by atoms with Gasteiger partial charge in [-0.2, -0.15) is 0 Å². The summed E-state index contributed by atoms with van der Waals surface area (Å²) in [5.74, 6) is 0.603. The molecule has 2 aromatic rings. The molecule has 4 rings (SSSR count). The molecule has 1 spiro atoms. The normalized spacial score (nSPS) is 21.6. The first-order chi connectivity index (χ1) is 12.1. The quantitative estimate of drug-likeness (QED) is 0.858. The molecule has 3 heterocycles. The van der Waals surface area contributed by atoms with Gasteiger partial charge in [0.15, 0.2) is 0 Å². The van der Waals surface area contributed by atoms with Gasteiger partial charge in [-0.25, -0.2) is 4.98 Å². The number of ether oxygens (including phenoxy) is 2. The molecular formula is C19H21N3O3. The van der Waals surface area contributed by atoms with Crippen molar-refractivity contribution < 1.29 is 14.3 Å². The Bertz CT molecular complexity index is 760. The van der Waals surface area contributed by atoms with Crippen molar-refractivity contribution in [2.75, 3.05) is 19.7 Å². The van der Waals surface area contributed by atoms with Crippen molar-refractivity contribution in [2.24, 2.45) is 0 Å². The topological polar surface area (TPSA) is 64.6 Å². The molecule has 25 heavy (non-hydrogen) atoms. The van der Waals surface area contributed by atoms with E-state index < -0.39 is 0 Å². The number of carbonyl (C=O) groups is 1. The fraction of sp³-hybridized carbons (Fsp3) is 0.421. The maximum atomic E-state index is 12.6. The third-order valence-electron chi connectivity index (χ3n) is 4.78. The minimum absolute atomic E-state index is 0.0432. The van der Waals surface area contributed by atoms with Crippen LogP contribution in [-0.2, 0) is 4.74 Å². The first-order valence-electron chi connectivity index (χ1n) is 8.56. The summed E-state index contributed by atoms with van der Waals surface area (Å²) in [7, 11) is 0. The van der Waals surface area contributed by atoms with Crippen LogP contribution < -0.4 is 4.74 Å². The number of carbonyl (C=O) groups excluding carboxylic acids is 1. The Labute approximate surface area is 146 Å². The number of aryl methyl sites for hydroxylation is 1. The van der Waals surface area contributed by atoms with Crippen molar-refractivity contribution in [3.63, 3.8) is 0 Å². The zero-order chi connectivity index (χ0) is 17.3. The van der Waals surface area contributed by atoms with Gasteiger partial charge in [-0.05, 0) is 19.1 Å². The Kier molecular flexibility index (Phi) is 4.13. The van der Waals surface area contributed by atoms with Crippen LogP contribution in [0.1, 0.15) is 28.8 Å². The third-order valence-corrected chi connectivity index (χ3v) is 4.78. The lowest BCUT2D eigenvalue weighted by atomic mass is 9.84. The Balaban J connectivity index is 1.37. The minimum Gasteiger partial charge on any atom is -0.473 e. The van der Waals surface area contributed by atoms with Gasteiger partial charge in [-0.3, -0.25) is 9.78 Å². The molecule has 2 aliphatic rings. The van der Waals surface area contributed by atoms with E-state index in [2.05, 4.69) is 9.97 Å². The standard InChI is InChI=1S/C19H21N3O3/c1-14-3-2-4-15(9-14)18(23)22-12-19(13-22)10-16(5-8-24-19)25-17-11-20-6-7-21-17/h2-4,6-7,9,11,16H,5,8,10,12-13H2,1H3. The maximum Gasteiger partial charge on any atom is 0.254 e. The summed E-state index contributed by atoms with van der Waals surface area (Å²) in [4.78, 5) is 22.6. The summed E-state index contributed by atoms with van der Waals surface area (Å²) in [5.41, 5.74) is 1.54. The first-order valence-corrected chi connectivity index (χ1v) is 8.56. The molecule has 2 saturated heterocycles. The summed E-state index contributed by atoms with van der Waals surface area (Å²) in [6.07, 6.45) is 6.50. The molecule has 1 atom stereocenters. The SMILES string of the molecule is Cc1cccc(C(=O)N2CC3(CC(Oc4cnccn4)CCO3)C2)c1. The number of nitrogens with zero attached hydrogens (tertiary/aromatic N) is 3. The Hall–Kier alpha value is -2.47. The molecule has 0 saturated carbocycles. The van der Waals surface area contributed by atoms with Crippen molar-refractivity contribution in [2.45, 2.75) is 31.5 Å². The van der Waals surface area contributed by atoms with Gasteiger partial charge in [0, 0.05) is 30.8 Å². The predicted molar refractivity (Wildman–Crippen MR) is 91.4 cm³/mol. The Morgan fingerprint density at radius 1 is 1.36 bits per heavy atom. The van der Waals surface area contributed by atoms with Crippen LogP contribution in [0.15, 0.2) is 42.9 Å². The number of amides is 1. The van der Waals surface area contributed by atoms with E-state index in [4.69, 9.17) is 9.47 Å². The Morgan fingerprint density at radius 3 is 3.00 bits per heavy atom. The molecule has 0 bridgehead atoms. The van der Waals surface area contributed by atoms with E-state index in [1.165, 1.54) is 0 Å². The van der Waals surface area contributed by atoms with Gasteiger partial charge in [0.25, 0.3) is 5.91 Å². The molecule has 1 amide bonds. The van der Waals surface area contributed by atoms with Gasteiger partial charge >= 0.3 is 0 Å². The highest BCUT2D eigenvalue weighted by Gasteiger charge is 2.50. The molecule has 2 aliphatic heterocycles. The Morgan fingerprint density at radius 2 is 2.24 bits per heavy atom. The van der Waals surface area contributed by atoms with Crippen molar-refractivity contribution >= 4 is 5.91 Å². The average molecular weight is 339 g/mol. The van der Waals surface area contributed by atoms with Crippen LogP contribution in [0.4, 0.5) is 0 Å². The van der Waals surface area contributed by atoms with Crippen LogP contribution in [0.5, 0.6) is 5.88 Å². The molecular weight excluding hydrogens is 318 g/mol. The second kappa shape index (κ2) is 6.44. The lowest BCUT2D eigenvalue weighted by Gasteiger charge is -2.52. The van der Waals surface area contributed by atoms with Crippen LogP contribution in [0.2, 0.25) is 0 Å². The van der Waals surface area contributed by atoms with Gasteiger partial charge in [-0.1, -0.05) is 17.7 Å². The van der Waals surface area contributed by atoms with Crippen LogP contribution in [0.25, 0.3) is 0 Å². The maximum absolute atomic E-state index is 12.6. The van der Waals surface area contributed by atoms with Gasteiger partial charge < -0.3 is 14.4 Å². The van der Waals surface area contributed by atoms with E-state index >= 15 is 0 Å². The van der Waals surface area contributed by atoms with Crippen molar-refractivity contribution in [3.8, 4) is 5.88 Å². The minimum atomic E-state index is -0.287. The molecule has 130 valence electrons. The van der Waals surface area contributed by atoms with Crippen molar-refractivity contribution in [1.82, 2.24) is 14.9 Å². The van der Waals surface area contributed by atoms with Gasteiger partial charge in [0.2, 0.25) is 5.88 Å². The number of rotatable bonds is 3. The fourth-order valence-electron chi connectivity index (χ4n) is 3.57. The second-order valence-electron chi connectivity index (χ2n) is 6.84. The van der Waals surface area contributed by atoms with Gasteiger partial charge in [0.1, 0.15) is 11.7 Å². The summed E-state index contributed by atoms with van der Waals surface area (Å²) < 4.78 is 11.9. The van der Waals surface area contributed by atoms with E-state index in [-0.39, 0.29) is 17.6 Å². The summed E-state index contributed by atoms with van der Waals surface area (Å²) in [6, 6.07) is 7.70. The highest BCUT2D eigenvalue weighted by molar-refractivity contribution is 5.95. The number of likely N-dealkylation sites (tertiary alicyclic amines) is 1. The average Bonchev–Trinajstić information content (AvgIpc) is 2.60. The smallest absolute Gasteiger partial charge is 0.254 e. The molecule has 0 radical (unpaired) electrons. The van der Waals surface area contributed by atoms with E-state index in [9.17, 15) is 4.79 Å². The van der Waals surface area contributed by atoms with Crippen LogP contribution >= 0.6 is 0 Å². The lowest BCUT2D eigenvalue weighted by molar-refractivity contribution is -0.174. The molecule has 6 heteroatoms. The summed E-state index contributed by atoms with van der Waals surface area (Å²) in [6.45, 7) is 3.85. The fourth-order valence-corrected chi connectivity index (χ4v) is 3.57. The molecule has 6 nitrogen and oxygen atoms in total. The van der Waals surface area contributed by atoms with Crippen molar-refractivity contribution in [3.05, 3.63) is 54.0 Å². The predicted octanol–water partition coefficient (Wildman–Crippen LogP) is 2.24. The van der Waals surface area contributed by atoms with E-state index in [1.54, 1.807) is 18.6 Å². The first kappa shape index (κ1) is 16.0. The lowest BCUT2D eigenvalue weighted by Crippen LogP contribution is -2.67. The monoisotopic (exact) mass is 339 g/mol. The highest BCUT2D eigenvalue weighted by Crippen LogP contribution is 2.36. The van der Waals surface area contributed by atoms with E-state index in [0.717, 1.165) is 24.0 Å². The molecule has 0 aliphatic carbocycles.